The van der Waals surface area contributed by atoms with Gasteiger partial charge in [-0.3, -0.25) is 4.98 Å². The minimum Gasteiger partial charge on any atom is -0.382 e. The lowest BCUT2D eigenvalue weighted by atomic mass is 10.0. The summed E-state index contributed by atoms with van der Waals surface area (Å²) in [6.45, 7) is 1.97. The normalized spacial score (nSPS) is 11.5. The van der Waals surface area contributed by atoms with Gasteiger partial charge in [0.1, 0.15) is 5.84 Å². The Balaban J connectivity index is 2.51. The first-order valence-corrected chi connectivity index (χ1v) is 5.28. The number of aryl methyl sites for hydroxylation is 1. The Bertz CT molecular complexity index is 561. The lowest BCUT2D eigenvalue weighted by molar-refractivity contribution is 1.20. The van der Waals surface area contributed by atoms with Crippen molar-refractivity contribution < 1.29 is 0 Å². The van der Waals surface area contributed by atoms with Crippen LogP contribution in [0.3, 0.4) is 0 Å². The molecule has 2 rings (SSSR count). The van der Waals surface area contributed by atoms with Crippen molar-refractivity contribution in [2.24, 2.45) is 16.7 Å². The van der Waals surface area contributed by atoms with Gasteiger partial charge in [0.2, 0.25) is 0 Å². The topological polar surface area (TPSA) is 77.3 Å². The summed E-state index contributed by atoms with van der Waals surface area (Å²) in [5.74, 6) is 5.50. The van der Waals surface area contributed by atoms with Crippen LogP contribution in [0.25, 0.3) is 11.1 Å². The smallest absolute Gasteiger partial charge is 0.150 e. The maximum atomic E-state index is 5.69. The van der Waals surface area contributed by atoms with E-state index < -0.39 is 0 Å². The summed E-state index contributed by atoms with van der Waals surface area (Å²) < 4.78 is 0. The van der Waals surface area contributed by atoms with E-state index in [0.717, 1.165) is 22.4 Å². The van der Waals surface area contributed by atoms with E-state index in [1.807, 2.05) is 43.3 Å². The van der Waals surface area contributed by atoms with Crippen molar-refractivity contribution in [2.45, 2.75) is 6.92 Å². The molecule has 0 amide bonds. The Labute approximate surface area is 100.0 Å². The summed E-state index contributed by atoms with van der Waals surface area (Å²) in [6, 6.07) is 11.7. The fourth-order valence-electron chi connectivity index (χ4n) is 1.71. The number of nitrogens with zero attached hydrogens (tertiary/aromatic N) is 2. The lowest BCUT2D eigenvalue weighted by Crippen LogP contribution is -2.15. The van der Waals surface area contributed by atoms with Crippen molar-refractivity contribution in [3.8, 4) is 11.1 Å². The lowest BCUT2D eigenvalue weighted by Gasteiger charge is -2.06. The number of benzene rings is 1. The third-order valence-corrected chi connectivity index (χ3v) is 2.62. The Morgan fingerprint density at radius 3 is 2.76 bits per heavy atom. The van der Waals surface area contributed by atoms with Gasteiger partial charge in [-0.15, -0.1) is 0 Å². The van der Waals surface area contributed by atoms with E-state index in [4.69, 9.17) is 11.6 Å². The number of pyridine rings is 1. The first-order valence-electron chi connectivity index (χ1n) is 5.28. The summed E-state index contributed by atoms with van der Waals surface area (Å²) in [4.78, 5) is 4.26. The second kappa shape index (κ2) is 4.65. The van der Waals surface area contributed by atoms with Crippen LogP contribution in [0, 0.1) is 6.92 Å². The van der Waals surface area contributed by atoms with Crippen LogP contribution in [0.5, 0.6) is 0 Å². The van der Waals surface area contributed by atoms with E-state index in [2.05, 4.69) is 10.1 Å². The Morgan fingerprint density at radius 1 is 1.24 bits per heavy atom. The molecule has 0 radical (unpaired) electrons. The van der Waals surface area contributed by atoms with Gasteiger partial charge < -0.3 is 11.6 Å². The molecule has 4 heteroatoms. The van der Waals surface area contributed by atoms with Crippen LogP contribution >= 0.6 is 0 Å². The molecule has 4 N–H and O–H groups in total. The molecule has 0 fully saturated rings. The zero-order valence-corrected chi connectivity index (χ0v) is 9.59. The maximum Gasteiger partial charge on any atom is 0.150 e. The summed E-state index contributed by atoms with van der Waals surface area (Å²) in [5, 5.41) is 3.49. The van der Waals surface area contributed by atoms with Gasteiger partial charge in [-0.05, 0) is 24.6 Å². The highest BCUT2D eigenvalue weighted by molar-refractivity contribution is 5.98. The minimum atomic E-state index is 0.327. The summed E-state index contributed by atoms with van der Waals surface area (Å²) in [6.07, 6.45) is 1.78. The van der Waals surface area contributed by atoms with Crippen LogP contribution in [-0.2, 0) is 0 Å². The molecular formula is C13H14N4. The number of amidine groups is 1. The van der Waals surface area contributed by atoms with Gasteiger partial charge in [0.05, 0.1) is 0 Å². The standard InChI is InChI=1S/C13H14N4/c1-9-12(6-3-7-16-9)10-4-2-5-11(8-10)13(14)17-15/h2-8H,15H2,1H3,(H2,14,17). The van der Waals surface area contributed by atoms with Gasteiger partial charge in [-0.25, -0.2) is 0 Å². The summed E-state index contributed by atoms with van der Waals surface area (Å²) in [7, 11) is 0. The molecule has 86 valence electrons. The molecule has 0 spiro atoms. The fraction of sp³-hybridized carbons (Fsp3) is 0.0769. The van der Waals surface area contributed by atoms with Gasteiger partial charge in [0.15, 0.2) is 0 Å². The van der Waals surface area contributed by atoms with Crippen molar-refractivity contribution in [3.63, 3.8) is 0 Å². The van der Waals surface area contributed by atoms with Crippen LogP contribution in [-0.4, -0.2) is 10.8 Å². The zero-order valence-electron chi connectivity index (χ0n) is 9.59. The first kappa shape index (κ1) is 11.1. The van der Waals surface area contributed by atoms with E-state index in [-0.39, 0.29) is 0 Å². The average Bonchev–Trinajstić information content (AvgIpc) is 2.38. The van der Waals surface area contributed by atoms with Crippen molar-refractivity contribution in [3.05, 3.63) is 53.9 Å². The zero-order chi connectivity index (χ0) is 12.3. The molecule has 4 nitrogen and oxygen atoms in total. The molecular weight excluding hydrogens is 212 g/mol. The maximum absolute atomic E-state index is 5.69. The van der Waals surface area contributed by atoms with Gasteiger partial charge in [-0.2, -0.15) is 5.10 Å². The molecule has 2 aromatic rings. The first-order chi connectivity index (χ1) is 8.22. The number of rotatable bonds is 2. The molecule has 1 aromatic heterocycles. The monoisotopic (exact) mass is 226 g/mol. The minimum absolute atomic E-state index is 0.327. The quantitative estimate of drug-likeness (QED) is 0.353. The third kappa shape index (κ3) is 2.25. The van der Waals surface area contributed by atoms with E-state index in [9.17, 15) is 0 Å². The molecule has 1 heterocycles. The third-order valence-electron chi connectivity index (χ3n) is 2.62. The molecule has 0 aliphatic heterocycles. The average molecular weight is 226 g/mol. The molecule has 0 aliphatic rings. The highest BCUT2D eigenvalue weighted by atomic mass is 15.1. The molecule has 0 aliphatic carbocycles. The van der Waals surface area contributed by atoms with Crippen LogP contribution in [0.2, 0.25) is 0 Å². The molecule has 0 atom stereocenters. The predicted octanol–water partition coefficient (Wildman–Crippen LogP) is 1.64. The Hall–Kier alpha value is -2.36. The number of hydrogen-bond donors (Lipinski definition) is 2. The molecule has 0 bridgehead atoms. The van der Waals surface area contributed by atoms with E-state index in [1.165, 1.54) is 0 Å². The highest BCUT2D eigenvalue weighted by Gasteiger charge is 2.04. The predicted molar refractivity (Wildman–Crippen MR) is 69.3 cm³/mol. The van der Waals surface area contributed by atoms with Gasteiger partial charge in [0, 0.05) is 23.0 Å². The van der Waals surface area contributed by atoms with E-state index in [1.54, 1.807) is 6.20 Å². The van der Waals surface area contributed by atoms with Crippen molar-refractivity contribution in [2.75, 3.05) is 0 Å². The van der Waals surface area contributed by atoms with Crippen molar-refractivity contribution in [1.82, 2.24) is 4.98 Å². The van der Waals surface area contributed by atoms with Gasteiger partial charge >= 0.3 is 0 Å². The molecule has 1 aromatic carbocycles. The highest BCUT2D eigenvalue weighted by Crippen LogP contribution is 2.22. The fourth-order valence-corrected chi connectivity index (χ4v) is 1.71. The number of aromatic nitrogens is 1. The van der Waals surface area contributed by atoms with Crippen LogP contribution in [0.4, 0.5) is 0 Å². The molecule has 0 saturated heterocycles. The largest absolute Gasteiger partial charge is 0.382 e. The van der Waals surface area contributed by atoms with E-state index in [0.29, 0.717) is 5.84 Å². The molecule has 0 saturated carbocycles. The van der Waals surface area contributed by atoms with Crippen molar-refractivity contribution >= 4 is 5.84 Å². The summed E-state index contributed by atoms with van der Waals surface area (Å²) >= 11 is 0. The van der Waals surface area contributed by atoms with E-state index >= 15 is 0 Å². The number of nitrogens with two attached hydrogens (primary N) is 2. The van der Waals surface area contributed by atoms with Crippen molar-refractivity contribution in [1.29, 1.82) is 0 Å². The number of hydrazone groups is 1. The van der Waals surface area contributed by atoms with Gasteiger partial charge in [-0.1, -0.05) is 24.3 Å². The Morgan fingerprint density at radius 2 is 2.06 bits per heavy atom. The number of hydrogen-bond acceptors (Lipinski definition) is 3. The molecule has 17 heavy (non-hydrogen) atoms. The van der Waals surface area contributed by atoms with Gasteiger partial charge in [0.25, 0.3) is 0 Å². The second-order valence-electron chi connectivity index (χ2n) is 3.73. The van der Waals surface area contributed by atoms with Crippen LogP contribution in [0.15, 0.2) is 47.7 Å². The second-order valence-corrected chi connectivity index (χ2v) is 3.73. The van der Waals surface area contributed by atoms with Crippen LogP contribution in [0.1, 0.15) is 11.3 Å². The summed E-state index contributed by atoms with van der Waals surface area (Å²) in [5.41, 5.74) is 9.62. The van der Waals surface area contributed by atoms with Crippen LogP contribution < -0.4 is 11.6 Å². The SMILES string of the molecule is Cc1ncccc1-c1cccc(/C(N)=N/N)c1. The molecule has 0 unspecified atom stereocenters. The Kier molecular flexibility index (Phi) is 3.05.